The highest BCUT2D eigenvalue weighted by molar-refractivity contribution is 5.32. The van der Waals surface area contributed by atoms with E-state index >= 15 is 0 Å². The van der Waals surface area contributed by atoms with E-state index in [4.69, 9.17) is 5.73 Å². The normalized spacial score (nSPS) is 29.9. The molecule has 1 heterocycles. The van der Waals surface area contributed by atoms with Crippen molar-refractivity contribution in [2.24, 2.45) is 5.73 Å². The number of nitrogens with one attached hydrogen (secondary N) is 1. The molecule has 2 nitrogen and oxygen atoms in total. The number of rotatable bonds is 2. The number of hydrogen-bond donors (Lipinski definition) is 2. The molecule has 1 saturated heterocycles. The van der Waals surface area contributed by atoms with E-state index in [1.807, 2.05) is 0 Å². The summed E-state index contributed by atoms with van der Waals surface area (Å²) in [4.78, 5) is 0. The quantitative estimate of drug-likeness (QED) is 0.798. The van der Waals surface area contributed by atoms with Crippen LogP contribution in [0, 0.1) is 0 Å². The number of hydrogen-bond acceptors (Lipinski definition) is 2. The summed E-state index contributed by atoms with van der Waals surface area (Å²) in [5.74, 6) is 1.02. The zero-order valence-corrected chi connectivity index (χ0v) is 10.5. The lowest BCUT2D eigenvalue weighted by molar-refractivity contribution is 0.462. The Hall–Kier alpha value is -0.860. The molecule has 2 heteroatoms. The predicted molar refractivity (Wildman–Crippen MR) is 68.7 cm³/mol. The highest BCUT2D eigenvalue weighted by Gasteiger charge is 2.36. The van der Waals surface area contributed by atoms with Gasteiger partial charge in [-0.25, -0.2) is 0 Å². The minimum absolute atomic E-state index is 0.115. The molecule has 0 bridgehead atoms. The van der Waals surface area contributed by atoms with Gasteiger partial charge in [-0.05, 0) is 24.0 Å². The Labute approximate surface area is 98.2 Å². The van der Waals surface area contributed by atoms with Gasteiger partial charge in [-0.15, -0.1) is 0 Å². The second-order valence-electron chi connectivity index (χ2n) is 5.51. The molecule has 1 aliphatic heterocycles. The lowest BCUT2D eigenvalue weighted by atomic mass is 9.83. The Balaban J connectivity index is 2.30. The fraction of sp³-hybridized carbons (Fsp3) is 0.571. The maximum absolute atomic E-state index is 6.32. The Kier molecular flexibility index (Phi) is 3.04. The SMILES string of the molecule is CC(C)c1cccc([C@H]2CNC[C@]2(C)N)c1. The first-order valence-electron chi connectivity index (χ1n) is 6.10. The topological polar surface area (TPSA) is 38.0 Å². The van der Waals surface area contributed by atoms with E-state index < -0.39 is 0 Å². The Morgan fingerprint density at radius 1 is 1.44 bits per heavy atom. The average molecular weight is 218 g/mol. The van der Waals surface area contributed by atoms with Gasteiger partial charge in [0.25, 0.3) is 0 Å². The molecule has 3 N–H and O–H groups in total. The minimum atomic E-state index is -0.115. The molecule has 0 aliphatic carbocycles. The summed E-state index contributed by atoms with van der Waals surface area (Å²) in [6.07, 6.45) is 0. The van der Waals surface area contributed by atoms with Gasteiger partial charge in [0.2, 0.25) is 0 Å². The molecule has 0 saturated carbocycles. The van der Waals surface area contributed by atoms with Gasteiger partial charge in [-0.1, -0.05) is 38.1 Å². The summed E-state index contributed by atoms with van der Waals surface area (Å²) in [6.45, 7) is 8.50. The second kappa shape index (κ2) is 4.19. The van der Waals surface area contributed by atoms with Crippen molar-refractivity contribution in [3.05, 3.63) is 35.4 Å². The lowest BCUT2D eigenvalue weighted by Gasteiger charge is -2.26. The summed E-state index contributed by atoms with van der Waals surface area (Å²) in [7, 11) is 0. The van der Waals surface area contributed by atoms with Crippen molar-refractivity contribution in [2.75, 3.05) is 13.1 Å². The monoisotopic (exact) mass is 218 g/mol. The van der Waals surface area contributed by atoms with Crippen LogP contribution in [0.5, 0.6) is 0 Å². The molecule has 88 valence electrons. The maximum atomic E-state index is 6.32. The van der Waals surface area contributed by atoms with Gasteiger partial charge in [-0.3, -0.25) is 0 Å². The third-order valence-corrected chi connectivity index (χ3v) is 3.63. The molecule has 2 atom stereocenters. The van der Waals surface area contributed by atoms with Gasteiger partial charge in [0.1, 0.15) is 0 Å². The fourth-order valence-corrected chi connectivity index (χ4v) is 2.48. The summed E-state index contributed by atoms with van der Waals surface area (Å²) in [6, 6.07) is 8.87. The minimum Gasteiger partial charge on any atom is -0.324 e. The molecule has 1 aromatic carbocycles. The van der Waals surface area contributed by atoms with Crippen molar-refractivity contribution in [1.29, 1.82) is 0 Å². The van der Waals surface area contributed by atoms with Gasteiger partial charge < -0.3 is 11.1 Å². The van der Waals surface area contributed by atoms with E-state index in [1.54, 1.807) is 0 Å². The summed E-state index contributed by atoms with van der Waals surface area (Å²) in [5, 5.41) is 3.38. The van der Waals surface area contributed by atoms with Crippen molar-refractivity contribution in [3.63, 3.8) is 0 Å². The van der Waals surface area contributed by atoms with E-state index in [2.05, 4.69) is 50.4 Å². The molecule has 1 fully saturated rings. The van der Waals surface area contributed by atoms with Crippen LogP contribution in [0.1, 0.15) is 43.7 Å². The van der Waals surface area contributed by atoms with Crippen molar-refractivity contribution in [2.45, 2.75) is 38.1 Å². The Morgan fingerprint density at radius 2 is 2.19 bits per heavy atom. The first kappa shape index (κ1) is 11.6. The van der Waals surface area contributed by atoms with Crippen LogP contribution in [-0.2, 0) is 0 Å². The van der Waals surface area contributed by atoms with Crippen LogP contribution in [-0.4, -0.2) is 18.6 Å². The van der Waals surface area contributed by atoms with Crippen molar-refractivity contribution in [1.82, 2.24) is 5.32 Å². The molecule has 0 radical (unpaired) electrons. The van der Waals surface area contributed by atoms with Crippen LogP contribution in [0.2, 0.25) is 0 Å². The second-order valence-corrected chi connectivity index (χ2v) is 5.51. The van der Waals surface area contributed by atoms with Gasteiger partial charge in [0.15, 0.2) is 0 Å². The predicted octanol–water partition coefficient (Wildman–Crippen LogP) is 2.21. The van der Waals surface area contributed by atoms with Crippen LogP contribution < -0.4 is 11.1 Å². The zero-order valence-electron chi connectivity index (χ0n) is 10.5. The Morgan fingerprint density at radius 3 is 2.75 bits per heavy atom. The molecular formula is C14H22N2. The zero-order chi connectivity index (χ0) is 11.8. The third kappa shape index (κ3) is 2.13. The van der Waals surface area contributed by atoms with E-state index in [0.717, 1.165) is 13.1 Å². The first-order chi connectivity index (χ1) is 7.50. The lowest BCUT2D eigenvalue weighted by Crippen LogP contribution is -2.42. The smallest absolute Gasteiger partial charge is 0.0333 e. The van der Waals surface area contributed by atoms with Crippen molar-refractivity contribution < 1.29 is 0 Å². The van der Waals surface area contributed by atoms with Gasteiger partial charge in [-0.2, -0.15) is 0 Å². The average Bonchev–Trinajstić information content (AvgIpc) is 2.58. The summed E-state index contributed by atoms with van der Waals surface area (Å²) >= 11 is 0. The van der Waals surface area contributed by atoms with Gasteiger partial charge >= 0.3 is 0 Å². The fourth-order valence-electron chi connectivity index (χ4n) is 2.48. The van der Waals surface area contributed by atoms with Crippen LogP contribution >= 0.6 is 0 Å². The highest BCUT2D eigenvalue weighted by atomic mass is 15.0. The van der Waals surface area contributed by atoms with Gasteiger partial charge in [0, 0.05) is 24.5 Å². The number of nitrogens with two attached hydrogens (primary N) is 1. The summed E-state index contributed by atoms with van der Waals surface area (Å²) < 4.78 is 0. The standard InChI is InChI=1S/C14H22N2/c1-10(2)11-5-4-6-12(7-11)13-8-16-9-14(13,3)15/h4-7,10,13,16H,8-9,15H2,1-3H3/t13-,14+/m1/s1. The molecular weight excluding hydrogens is 196 g/mol. The van der Waals surface area contributed by atoms with Crippen LogP contribution in [0.3, 0.4) is 0 Å². The van der Waals surface area contributed by atoms with E-state index in [1.165, 1.54) is 11.1 Å². The van der Waals surface area contributed by atoms with Gasteiger partial charge in [0.05, 0.1) is 0 Å². The van der Waals surface area contributed by atoms with Crippen LogP contribution in [0.25, 0.3) is 0 Å². The molecule has 16 heavy (non-hydrogen) atoms. The third-order valence-electron chi connectivity index (χ3n) is 3.63. The number of benzene rings is 1. The van der Waals surface area contributed by atoms with Crippen LogP contribution in [0.4, 0.5) is 0 Å². The Bertz CT molecular complexity index is 369. The van der Waals surface area contributed by atoms with E-state index in [0.29, 0.717) is 11.8 Å². The van der Waals surface area contributed by atoms with Crippen molar-refractivity contribution in [3.8, 4) is 0 Å². The highest BCUT2D eigenvalue weighted by Crippen LogP contribution is 2.31. The van der Waals surface area contributed by atoms with E-state index in [-0.39, 0.29) is 5.54 Å². The maximum Gasteiger partial charge on any atom is 0.0333 e. The van der Waals surface area contributed by atoms with Crippen molar-refractivity contribution >= 4 is 0 Å². The molecule has 2 rings (SSSR count). The largest absolute Gasteiger partial charge is 0.324 e. The molecule has 0 amide bonds. The molecule has 0 unspecified atom stereocenters. The first-order valence-corrected chi connectivity index (χ1v) is 6.10. The molecule has 0 aromatic heterocycles. The van der Waals surface area contributed by atoms with E-state index in [9.17, 15) is 0 Å². The molecule has 1 aliphatic rings. The molecule has 1 aromatic rings. The van der Waals surface area contributed by atoms with Crippen LogP contribution in [0.15, 0.2) is 24.3 Å². The molecule has 0 spiro atoms. The summed E-state index contributed by atoms with van der Waals surface area (Å²) in [5.41, 5.74) is 8.98.